The fourth-order valence-corrected chi connectivity index (χ4v) is 20.4. The van der Waals surface area contributed by atoms with Crippen molar-refractivity contribution in [1.82, 2.24) is 0 Å². The average molecular weight is 1290 g/mol. The lowest BCUT2D eigenvalue weighted by Crippen LogP contribution is -2.55. The average Bonchev–Trinajstić information content (AvgIpc) is 0.710. The van der Waals surface area contributed by atoms with Gasteiger partial charge in [0.2, 0.25) is 0 Å². The van der Waals surface area contributed by atoms with Crippen LogP contribution in [0.3, 0.4) is 0 Å². The summed E-state index contributed by atoms with van der Waals surface area (Å²) in [6.45, 7) is 69.4. The zero-order chi connectivity index (χ0) is 71.6. The summed E-state index contributed by atoms with van der Waals surface area (Å²) < 4.78 is 28.6. The van der Waals surface area contributed by atoms with E-state index < -0.39 is 24.1 Å². The second kappa shape index (κ2) is 28.6. The Morgan fingerprint density at radius 1 is 0.206 bits per heavy atom. The predicted molar refractivity (Wildman–Crippen MR) is 416 cm³/mol. The molecule has 97 heavy (non-hydrogen) atoms. The summed E-state index contributed by atoms with van der Waals surface area (Å²) in [6, 6.07) is 43.1. The first kappa shape index (κ1) is 74.2. The Morgan fingerprint density at radius 2 is 0.320 bits per heavy atom. The molecule has 0 fully saturated rings. The molecular weight excluding hydrogens is 1180 g/mol. The van der Waals surface area contributed by atoms with E-state index in [9.17, 15) is 14.0 Å². The van der Waals surface area contributed by atoms with Crippen LogP contribution in [0.2, 0.25) is 0 Å². The molecule has 9 aromatic rings. The van der Waals surface area contributed by atoms with Gasteiger partial charge in [0, 0.05) is 17.8 Å². The van der Waals surface area contributed by atoms with Crippen LogP contribution in [-0.4, -0.2) is 7.32 Å². The highest BCUT2D eigenvalue weighted by Crippen LogP contribution is 2.61. The van der Waals surface area contributed by atoms with Gasteiger partial charge in [-0.05, 0) is 356 Å². The molecule has 0 N–H and O–H groups in total. The van der Waals surface area contributed by atoms with E-state index in [1.807, 2.05) is 0 Å². The third-order valence-electron chi connectivity index (χ3n) is 22.1. The zero-order valence-electron chi connectivity index (χ0n) is 65.5. The van der Waals surface area contributed by atoms with Gasteiger partial charge in [0.25, 0.3) is 0 Å². The van der Waals surface area contributed by atoms with Crippen molar-refractivity contribution in [2.75, 3.05) is 0 Å². The smallest absolute Gasteiger partial charge is 0.371 e. The molecule has 0 amide bonds. The van der Waals surface area contributed by atoms with Crippen LogP contribution in [0.4, 0.5) is 0 Å². The molecule has 9 rings (SSSR count). The highest BCUT2D eigenvalue weighted by Gasteiger charge is 2.60. The first-order chi connectivity index (χ1) is 45.5. The van der Waals surface area contributed by atoms with Gasteiger partial charge in [0.05, 0.1) is 0 Å². The number of hydrogen-bond acceptors (Lipinski definition) is 3. The Labute approximate surface area is 588 Å². The highest BCUT2D eigenvalue weighted by atomic mass is 16.8. The summed E-state index contributed by atoms with van der Waals surface area (Å²) in [7, 11) is -1.47. The number of benzene rings is 9. The first-order valence-corrected chi connectivity index (χ1v) is 36.3. The second-order valence-corrected chi connectivity index (χ2v) is 30.8. The lowest BCUT2D eigenvalue weighted by molar-refractivity contribution is -0.0896. The van der Waals surface area contributed by atoms with Gasteiger partial charge in [-0.15, -0.1) is 0 Å². The maximum absolute atomic E-state index is 9.55. The largest absolute Gasteiger partial charge is 0.642 e. The van der Waals surface area contributed by atoms with Crippen LogP contribution >= 0.6 is 0 Å². The first-order valence-electron chi connectivity index (χ1n) is 36.3. The van der Waals surface area contributed by atoms with Crippen molar-refractivity contribution >= 4 is 7.32 Å². The molecule has 3 unspecified atom stereocenters. The summed E-state index contributed by atoms with van der Waals surface area (Å²) in [5.74, 6) is -0.888. The molecule has 0 aromatic heterocycles. The molecule has 0 aliphatic rings. The lowest BCUT2D eigenvalue weighted by Gasteiger charge is -2.53. The molecule has 0 saturated carbocycles. The summed E-state index contributed by atoms with van der Waals surface area (Å²) >= 11 is 0. The van der Waals surface area contributed by atoms with Gasteiger partial charge in [0.15, 0.2) is 0 Å². The second-order valence-electron chi connectivity index (χ2n) is 30.8. The topological polar surface area (TPSA) is 27.7 Å². The fraction of sp³-hybridized carbons (Fsp3) is 0.419. The summed E-state index contributed by atoms with van der Waals surface area (Å²) in [4.78, 5) is 0. The van der Waals surface area contributed by atoms with E-state index in [4.69, 9.17) is 0 Å². The summed E-state index contributed by atoms with van der Waals surface area (Å²) in [6.07, 6.45) is 2.18. The SMILES string of the molecule is CCC(c1c(C)cc(C)cc1C)C(OB(OC(c1c(C)cc(C)cc1C)(c1c(C)cc(C)cc1C)C(CC)c1c(C)cc(C)cc1C)OC(c1c(C)cc(C)cc1C)(c1c(C)cc(C)cc1C)C(CC)c1c(C)cc(C)cc1C)(c1c(C)cc(C)cc1C)c1c(C)cc(C)cc1C. The van der Waals surface area contributed by atoms with E-state index in [1.54, 1.807) is 0 Å². The van der Waals surface area contributed by atoms with Gasteiger partial charge < -0.3 is 14.0 Å². The van der Waals surface area contributed by atoms with Crippen molar-refractivity contribution in [1.29, 1.82) is 0 Å². The van der Waals surface area contributed by atoms with Crippen LogP contribution in [-0.2, 0) is 30.8 Å². The molecule has 0 heterocycles. The van der Waals surface area contributed by atoms with E-state index >= 15 is 0 Å². The number of rotatable bonds is 21. The molecule has 0 aliphatic heterocycles. The molecule has 3 nitrogen and oxygen atoms in total. The highest BCUT2D eigenvalue weighted by molar-refractivity contribution is 6.37. The number of hydrogen-bond donors (Lipinski definition) is 0. The molecular formula is C93H117BO3. The van der Waals surface area contributed by atoms with Crippen molar-refractivity contribution in [3.8, 4) is 0 Å². The molecule has 0 radical (unpaired) electrons. The molecule has 3 atom stereocenters. The summed E-state index contributed by atoms with van der Waals surface area (Å²) in [5.41, 5.74) is 39.1. The van der Waals surface area contributed by atoms with E-state index in [0.29, 0.717) is 0 Å². The van der Waals surface area contributed by atoms with Gasteiger partial charge in [0.1, 0.15) is 16.8 Å². The van der Waals surface area contributed by atoms with Gasteiger partial charge >= 0.3 is 7.32 Å². The van der Waals surface area contributed by atoms with Crippen molar-refractivity contribution in [2.45, 2.75) is 262 Å². The Hall–Kier alpha value is -7.08. The predicted octanol–water partition coefficient (Wildman–Crippen LogP) is 24.8. The van der Waals surface area contributed by atoms with Crippen LogP contribution in [0.25, 0.3) is 0 Å². The van der Waals surface area contributed by atoms with Gasteiger partial charge in [-0.3, -0.25) is 0 Å². The normalized spacial score (nSPS) is 13.2. The standard InChI is InChI=1S/C93H117BO3/c1-31-79(82-61(13)34-52(4)35-62(82)14)91(85-67(19)40-55(7)41-68(85)20,86-69(21)42-56(8)43-70(86)22)95-94(96-92(87-71(23)44-57(9)45-72(87)24,88-73(25)46-58(10)47-74(88)26)80(32-2)83-63(15)36-53(5)37-64(83)16)97-93(89-75(27)48-59(11)49-76(89)28,90-77(29)50-60(12)51-78(90)30)81(33-3)84-65(17)38-54(6)39-66(84)18/h34-51,79-81H,31-33H2,1-30H3. The van der Waals surface area contributed by atoms with Crippen molar-refractivity contribution < 1.29 is 14.0 Å². The van der Waals surface area contributed by atoms with Crippen LogP contribution < -0.4 is 0 Å². The fourth-order valence-electron chi connectivity index (χ4n) is 20.4. The van der Waals surface area contributed by atoms with Crippen molar-refractivity contribution in [3.63, 3.8) is 0 Å². The third-order valence-corrected chi connectivity index (χ3v) is 22.1. The van der Waals surface area contributed by atoms with Crippen LogP contribution in [0.5, 0.6) is 0 Å². The van der Waals surface area contributed by atoms with Crippen LogP contribution in [0.1, 0.15) is 258 Å². The molecule has 4 heteroatoms. The van der Waals surface area contributed by atoms with Crippen molar-refractivity contribution in [2.24, 2.45) is 0 Å². The Bertz CT molecular complexity index is 3670. The van der Waals surface area contributed by atoms with Gasteiger partial charge in [-0.1, -0.05) is 180 Å². The van der Waals surface area contributed by atoms with Gasteiger partial charge in [-0.25, -0.2) is 0 Å². The van der Waals surface area contributed by atoms with E-state index in [0.717, 1.165) is 119 Å². The van der Waals surface area contributed by atoms with E-state index in [-0.39, 0.29) is 17.8 Å². The lowest BCUT2D eigenvalue weighted by atomic mass is 9.63. The Morgan fingerprint density at radius 3 is 0.433 bits per heavy atom. The molecule has 0 saturated heterocycles. The third kappa shape index (κ3) is 13.4. The molecule has 510 valence electrons. The maximum Gasteiger partial charge on any atom is 0.642 e. The molecule has 9 aromatic carbocycles. The monoisotopic (exact) mass is 1290 g/mol. The Kier molecular flexibility index (Phi) is 21.9. The van der Waals surface area contributed by atoms with Crippen LogP contribution in [0.15, 0.2) is 109 Å². The molecule has 0 aliphatic carbocycles. The Balaban J connectivity index is 1.68. The minimum absolute atomic E-state index is 0.296. The summed E-state index contributed by atoms with van der Waals surface area (Å²) in [5, 5.41) is 0. The molecule has 0 bridgehead atoms. The number of aryl methyl sites for hydroxylation is 27. The van der Waals surface area contributed by atoms with Crippen molar-refractivity contribution in [3.05, 3.63) is 309 Å². The minimum Gasteiger partial charge on any atom is -0.371 e. The minimum atomic E-state index is -1.47. The zero-order valence-corrected chi connectivity index (χ0v) is 65.5. The van der Waals surface area contributed by atoms with Crippen LogP contribution in [0, 0.1) is 187 Å². The van der Waals surface area contributed by atoms with Gasteiger partial charge in [-0.2, -0.15) is 0 Å². The van der Waals surface area contributed by atoms with E-state index in [1.165, 1.54) is 100 Å². The maximum atomic E-state index is 9.55. The molecule has 0 spiro atoms. The van der Waals surface area contributed by atoms with E-state index in [2.05, 4.69) is 317 Å². The quantitative estimate of drug-likeness (QED) is 0.0671.